The number of benzene rings is 2. The van der Waals surface area contributed by atoms with Gasteiger partial charge in [-0.05, 0) is 12.1 Å². The van der Waals surface area contributed by atoms with Crippen LogP contribution in [0.3, 0.4) is 0 Å². The monoisotopic (exact) mass is 233 g/mol. The van der Waals surface area contributed by atoms with Crippen LogP contribution in [0.5, 0.6) is 0 Å². The number of imidazole rings is 1. The van der Waals surface area contributed by atoms with E-state index < -0.39 is 0 Å². The first-order valence-corrected chi connectivity index (χ1v) is 5.72. The fourth-order valence-corrected chi connectivity index (χ4v) is 2.27. The van der Waals surface area contributed by atoms with E-state index in [4.69, 9.17) is 0 Å². The third-order valence-corrected chi connectivity index (χ3v) is 3.12. The molecule has 0 amide bonds. The lowest BCUT2D eigenvalue weighted by atomic mass is 10.1. The minimum atomic E-state index is 0.898. The van der Waals surface area contributed by atoms with Gasteiger partial charge in [0.1, 0.15) is 5.69 Å². The molecular weight excluding hydrogens is 224 g/mol. The maximum Gasteiger partial charge on any atom is 0.174 e. The van der Waals surface area contributed by atoms with Crippen molar-refractivity contribution in [1.82, 2.24) is 20.2 Å². The predicted octanol–water partition coefficient (Wildman–Crippen LogP) is 2.91. The van der Waals surface area contributed by atoms with Crippen molar-refractivity contribution in [1.29, 1.82) is 0 Å². The minimum absolute atomic E-state index is 0.898. The lowest BCUT2D eigenvalue weighted by Gasteiger charge is -1.99. The summed E-state index contributed by atoms with van der Waals surface area (Å²) in [4.78, 5) is 7.24. The van der Waals surface area contributed by atoms with Gasteiger partial charge >= 0.3 is 0 Å². The molecule has 2 aromatic carbocycles. The Morgan fingerprint density at radius 3 is 2.83 bits per heavy atom. The molecule has 0 aliphatic heterocycles. The fourth-order valence-electron chi connectivity index (χ4n) is 2.27. The van der Waals surface area contributed by atoms with Crippen LogP contribution in [0.2, 0.25) is 0 Å². The largest absolute Gasteiger partial charge is 0.335 e. The Morgan fingerprint density at radius 1 is 0.944 bits per heavy atom. The summed E-state index contributed by atoms with van der Waals surface area (Å²) < 4.78 is 0. The van der Waals surface area contributed by atoms with Crippen LogP contribution < -0.4 is 0 Å². The number of nitrogens with one attached hydrogen (secondary N) is 2. The number of H-pyrrole nitrogens is 2. The number of aromatic amines is 2. The standard InChI is InChI=1S/C14H9N4/c1-2-6-11-9(4-1)13(18-17-11)10-5-3-7-12-14(10)16-8-15-12/h1-7H,(H,15,16)(H,17,18). The maximum absolute atomic E-state index is 4.40. The van der Waals surface area contributed by atoms with Gasteiger partial charge in [0.2, 0.25) is 0 Å². The Morgan fingerprint density at radius 2 is 1.83 bits per heavy atom. The average molecular weight is 233 g/mol. The Kier molecular flexibility index (Phi) is 1.80. The number of aromatic nitrogens is 4. The Bertz CT molecular complexity index is 841. The van der Waals surface area contributed by atoms with Crippen LogP contribution in [0.1, 0.15) is 0 Å². The summed E-state index contributed by atoms with van der Waals surface area (Å²) >= 11 is 0. The average Bonchev–Trinajstić information content (AvgIpc) is 3.05. The second-order valence-electron chi connectivity index (χ2n) is 4.17. The van der Waals surface area contributed by atoms with E-state index in [1.807, 2.05) is 36.4 Å². The summed E-state index contributed by atoms with van der Waals surface area (Å²) in [6.45, 7) is 0. The molecule has 0 saturated carbocycles. The van der Waals surface area contributed by atoms with Gasteiger partial charge in [-0.1, -0.05) is 30.3 Å². The summed E-state index contributed by atoms with van der Waals surface area (Å²) in [6.07, 6.45) is 2.78. The smallest absolute Gasteiger partial charge is 0.174 e. The van der Waals surface area contributed by atoms with E-state index in [0.29, 0.717) is 0 Å². The highest BCUT2D eigenvalue weighted by Gasteiger charge is 2.11. The van der Waals surface area contributed by atoms with Crippen LogP contribution in [0.25, 0.3) is 33.2 Å². The molecule has 2 heterocycles. The Balaban J connectivity index is 2.10. The zero-order valence-corrected chi connectivity index (χ0v) is 9.44. The van der Waals surface area contributed by atoms with Gasteiger partial charge < -0.3 is 4.98 Å². The quantitative estimate of drug-likeness (QED) is 0.531. The van der Waals surface area contributed by atoms with Gasteiger partial charge in [-0.3, -0.25) is 5.10 Å². The third kappa shape index (κ3) is 1.20. The first kappa shape index (κ1) is 9.41. The molecular formula is C14H9N4. The molecule has 4 rings (SSSR count). The van der Waals surface area contributed by atoms with Crippen molar-refractivity contribution < 1.29 is 0 Å². The van der Waals surface area contributed by atoms with Gasteiger partial charge in [0.05, 0.1) is 16.6 Å². The number of nitrogens with zero attached hydrogens (tertiary/aromatic N) is 2. The van der Waals surface area contributed by atoms with Crippen LogP contribution in [0.4, 0.5) is 0 Å². The molecule has 2 aromatic heterocycles. The molecule has 0 fully saturated rings. The van der Waals surface area contributed by atoms with E-state index in [9.17, 15) is 0 Å². The van der Waals surface area contributed by atoms with E-state index in [0.717, 1.165) is 33.2 Å². The molecule has 2 N–H and O–H groups in total. The van der Waals surface area contributed by atoms with Crippen LogP contribution >= 0.6 is 0 Å². The van der Waals surface area contributed by atoms with E-state index in [-0.39, 0.29) is 0 Å². The normalized spacial score (nSPS) is 11.3. The third-order valence-electron chi connectivity index (χ3n) is 3.12. The summed E-state index contributed by atoms with van der Waals surface area (Å²) in [6, 6.07) is 14.1. The second-order valence-corrected chi connectivity index (χ2v) is 4.17. The van der Waals surface area contributed by atoms with Crippen molar-refractivity contribution in [2.24, 2.45) is 0 Å². The molecule has 85 valence electrons. The molecule has 0 aliphatic rings. The highest BCUT2D eigenvalue weighted by molar-refractivity contribution is 6.00. The Labute approximate surface area is 103 Å². The summed E-state index contributed by atoms with van der Waals surface area (Å²) in [5, 5.41) is 8.55. The van der Waals surface area contributed by atoms with E-state index in [1.165, 1.54) is 0 Å². The van der Waals surface area contributed by atoms with Gasteiger partial charge in [-0.2, -0.15) is 5.10 Å². The molecule has 0 unspecified atom stereocenters. The lowest BCUT2D eigenvalue weighted by Crippen LogP contribution is -1.81. The molecule has 18 heavy (non-hydrogen) atoms. The zero-order chi connectivity index (χ0) is 11.9. The number of rotatable bonds is 1. The highest BCUT2D eigenvalue weighted by atomic mass is 15.1. The summed E-state index contributed by atoms with van der Waals surface area (Å²) in [5.41, 5.74) is 4.84. The van der Waals surface area contributed by atoms with Gasteiger partial charge in [-0.15, -0.1) is 0 Å². The van der Waals surface area contributed by atoms with Gasteiger partial charge in [-0.25, -0.2) is 4.98 Å². The van der Waals surface area contributed by atoms with Crippen LogP contribution in [0, 0.1) is 6.33 Å². The first-order valence-electron chi connectivity index (χ1n) is 5.72. The summed E-state index contributed by atoms with van der Waals surface area (Å²) in [5.74, 6) is 0. The molecule has 1 radical (unpaired) electrons. The molecule has 4 heteroatoms. The topological polar surface area (TPSA) is 57.4 Å². The van der Waals surface area contributed by atoms with Crippen LogP contribution in [0.15, 0.2) is 42.5 Å². The van der Waals surface area contributed by atoms with Gasteiger partial charge in [0.15, 0.2) is 6.33 Å². The van der Waals surface area contributed by atoms with Crippen molar-refractivity contribution in [2.45, 2.75) is 0 Å². The minimum Gasteiger partial charge on any atom is -0.335 e. The highest BCUT2D eigenvalue weighted by Crippen LogP contribution is 2.30. The number of hydrogen-bond donors (Lipinski definition) is 2. The number of fused-ring (bicyclic) bond motifs is 2. The van der Waals surface area contributed by atoms with E-state index in [1.54, 1.807) is 0 Å². The number of para-hydroxylation sites is 2. The van der Waals surface area contributed by atoms with Crippen molar-refractivity contribution >= 4 is 21.9 Å². The summed E-state index contributed by atoms with van der Waals surface area (Å²) in [7, 11) is 0. The maximum atomic E-state index is 4.40. The van der Waals surface area contributed by atoms with E-state index in [2.05, 4.69) is 32.6 Å². The molecule has 4 nitrogen and oxygen atoms in total. The van der Waals surface area contributed by atoms with Crippen molar-refractivity contribution in [3.63, 3.8) is 0 Å². The zero-order valence-electron chi connectivity index (χ0n) is 9.44. The molecule has 0 atom stereocenters. The molecule has 0 bridgehead atoms. The molecule has 0 aliphatic carbocycles. The molecule has 0 spiro atoms. The van der Waals surface area contributed by atoms with Crippen molar-refractivity contribution in [3.05, 3.63) is 48.8 Å². The van der Waals surface area contributed by atoms with Gasteiger partial charge in [0.25, 0.3) is 0 Å². The second kappa shape index (κ2) is 3.43. The number of hydrogen-bond acceptors (Lipinski definition) is 2. The SMILES string of the molecule is [c]1nc2c(-c3n[nH]c4ccccc34)cccc2[nH]1. The predicted molar refractivity (Wildman–Crippen MR) is 70.0 cm³/mol. The van der Waals surface area contributed by atoms with Crippen LogP contribution in [-0.4, -0.2) is 20.2 Å². The lowest BCUT2D eigenvalue weighted by molar-refractivity contribution is 1.12. The van der Waals surface area contributed by atoms with Gasteiger partial charge in [0, 0.05) is 10.9 Å². The van der Waals surface area contributed by atoms with Crippen molar-refractivity contribution in [2.75, 3.05) is 0 Å². The Hall–Kier alpha value is -2.62. The van der Waals surface area contributed by atoms with E-state index >= 15 is 0 Å². The van der Waals surface area contributed by atoms with Crippen LogP contribution in [-0.2, 0) is 0 Å². The molecule has 4 aromatic rings. The first-order chi connectivity index (χ1) is 8.93. The van der Waals surface area contributed by atoms with Crippen molar-refractivity contribution in [3.8, 4) is 11.3 Å². The fraction of sp³-hybridized carbons (Fsp3) is 0. The molecule has 0 saturated heterocycles.